The highest BCUT2D eigenvalue weighted by Gasteiger charge is 2.28. The molecule has 0 aliphatic carbocycles. The minimum absolute atomic E-state index is 0.0141. The van der Waals surface area contributed by atoms with E-state index in [2.05, 4.69) is 10.2 Å². The van der Waals surface area contributed by atoms with Gasteiger partial charge in [0.15, 0.2) is 0 Å². The molecule has 1 amide bonds. The number of thiophene rings is 1. The van der Waals surface area contributed by atoms with Crippen molar-refractivity contribution in [1.29, 1.82) is 0 Å². The maximum atomic E-state index is 11.9. The van der Waals surface area contributed by atoms with Gasteiger partial charge in [0.25, 0.3) is 5.89 Å². The summed E-state index contributed by atoms with van der Waals surface area (Å²) in [5, 5.41) is 10.2. The fraction of sp³-hybridized carbons (Fsp3) is 0.500. The van der Waals surface area contributed by atoms with E-state index < -0.39 is 0 Å². The number of hydrogen-bond acceptors (Lipinski definition) is 6. The second-order valence-electron chi connectivity index (χ2n) is 5.03. The van der Waals surface area contributed by atoms with Crippen molar-refractivity contribution in [3.05, 3.63) is 23.4 Å². The first-order chi connectivity index (χ1) is 10.3. The number of ether oxygens (including phenoxy) is 1. The van der Waals surface area contributed by atoms with Crippen LogP contribution in [0.3, 0.4) is 0 Å². The number of aromatic nitrogens is 2. The Labute approximate surface area is 126 Å². The van der Waals surface area contributed by atoms with Crippen molar-refractivity contribution < 1.29 is 13.9 Å². The molecular weight excluding hydrogens is 290 g/mol. The molecule has 2 aromatic heterocycles. The molecule has 0 saturated carbocycles. The van der Waals surface area contributed by atoms with Crippen LogP contribution in [0.15, 0.2) is 21.9 Å². The summed E-state index contributed by atoms with van der Waals surface area (Å²) < 4.78 is 10.7. The standard InChI is InChI=1S/C14H17N3O3S/c1-19-9-12(18)17-6-2-4-10(8-17)13-15-16-14(20-13)11-5-3-7-21-11/h3,5,7,10H,2,4,6,8-9H2,1H3/t10-/m1/s1. The van der Waals surface area contributed by atoms with E-state index in [-0.39, 0.29) is 18.4 Å². The van der Waals surface area contributed by atoms with Crippen molar-refractivity contribution in [2.75, 3.05) is 26.8 Å². The van der Waals surface area contributed by atoms with Gasteiger partial charge in [-0.25, -0.2) is 0 Å². The number of nitrogens with zero attached hydrogens (tertiary/aromatic N) is 3. The molecule has 0 bridgehead atoms. The van der Waals surface area contributed by atoms with Gasteiger partial charge in [-0.15, -0.1) is 21.5 Å². The summed E-state index contributed by atoms with van der Waals surface area (Å²) in [7, 11) is 1.53. The lowest BCUT2D eigenvalue weighted by Gasteiger charge is -2.30. The molecule has 0 N–H and O–H groups in total. The highest BCUT2D eigenvalue weighted by atomic mass is 32.1. The SMILES string of the molecule is COCC(=O)N1CCC[C@@H](c2nnc(-c3cccs3)o2)C1. The monoisotopic (exact) mass is 307 g/mol. The van der Waals surface area contributed by atoms with Gasteiger partial charge in [-0.1, -0.05) is 6.07 Å². The molecule has 0 radical (unpaired) electrons. The van der Waals surface area contributed by atoms with Crippen molar-refractivity contribution in [2.24, 2.45) is 0 Å². The number of rotatable bonds is 4. The first-order valence-electron chi connectivity index (χ1n) is 6.92. The lowest BCUT2D eigenvalue weighted by Crippen LogP contribution is -2.40. The van der Waals surface area contributed by atoms with E-state index in [1.807, 2.05) is 22.4 Å². The van der Waals surface area contributed by atoms with Gasteiger partial charge >= 0.3 is 0 Å². The van der Waals surface area contributed by atoms with Gasteiger partial charge in [-0.3, -0.25) is 4.79 Å². The van der Waals surface area contributed by atoms with Crippen LogP contribution >= 0.6 is 11.3 Å². The fourth-order valence-electron chi connectivity index (χ4n) is 2.52. The molecule has 1 aliphatic heterocycles. The highest BCUT2D eigenvalue weighted by Crippen LogP contribution is 2.29. The number of carbonyl (C=O) groups is 1. The Bertz CT molecular complexity index is 596. The Morgan fingerprint density at radius 1 is 1.57 bits per heavy atom. The molecule has 3 heterocycles. The Hall–Kier alpha value is -1.73. The molecule has 1 aliphatic rings. The van der Waals surface area contributed by atoms with Crippen LogP contribution < -0.4 is 0 Å². The number of hydrogen-bond donors (Lipinski definition) is 0. The largest absolute Gasteiger partial charge is 0.420 e. The maximum Gasteiger partial charge on any atom is 0.257 e. The van der Waals surface area contributed by atoms with Crippen LogP contribution in [0.4, 0.5) is 0 Å². The maximum absolute atomic E-state index is 11.9. The van der Waals surface area contributed by atoms with Crippen LogP contribution in [0.2, 0.25) is 0 Å². The van der Waals surface area contributed by atoms with Crippen LogP contribution in [0.5, 0.6) is 0 Å². The van der Waals surface area contributed by atoms with Crippen molar-refractivity contribution in [2.45, 2.75) is 18.8 Å². The van der Waals surface area contributed by atoms with E-state index in [0.717, 1.165) is 24.3 Å². The van der Waals surface area contributed by atoms with Crippen molar-refractivity contribution >= 4 is 17.2 Å². The summed E-state index contributed by atoms with van der Waals surface area (Å²) in [6.07, 6.45) is 1.90. The summed E-state index contributed by atoms with van der Waals surface area (Å²) in [5.41, 5.74) is 0. The third-order valence-electron chi connectivity index (χ3n) is 3.56. The summed E-state index contributed by atoms with van der Waals surface area (Å²) in [6.45, 7) is 1.51. The van der Waals surface area contributed by atoms with Crippen LogP contribution in [-0.2, 0) is 9.53 Å². The van der Waals surface area contributed by atoms with Gasteiger partial charge in [0.2, 0.25) is 11.8 Å². The molecule has 3 rings (SSSR count). The fourth-order valence-corrected chi connectivity index (χ4v) is 3.16. The van der Waals surface area contributed by atoms with Crippen LogP contribution in [0.1, 0.15) is 24.7 Å². The number of methoxy groups -OCH3 is 1. The minimum atomic E-state index is 0.0141. The van der Waals surface area contributed by atoms with E-state index in [1.54, 1.807) is 11.3 Å². The Kier molecular flexibility index (Phi) is 4.31. The molecule has 0 spiro atoms. The molecule has 1 atom stereocenters. The third-order valence-corrected chi connectivity index (χ3v) is 4.42. The predicted molar refractivity (Wildman–Crippen MR) is 78.0 cm³/mol. The first-order valence-corrected chi connectivity index (χ1v) is 7.80. The minimum Gasteiger partial charge on any atom is -0.420 e. The Balaban J connectivity index is 1.70. The molecule has 1 saturated heterocycles. The van der Waals surface area contributed by atoms with Crippen molar-refractivity contribution in [1.82, 2.24) is 15.1 Å². The van der Waals surface area contributed by atoms with E-state index in [9.17, 15) is 4.79 Å². The zero-order valence-electron chi connectivity index (χ0n) is 11.8. The van der Waals surface area contributed by atoms with Gasteiger partial charge < -0.3 is 14.1 Å². The normalized spacial score (nSPS) is 18.9. The van der Waals surface area contributed by atoms with Gasteiger partial charge in [-0.05, 0) is 24.3 Å². The zero-order chi connectivity index (χ0) is 14.7. The molecule has 21 heavy (non-hydrogen) atoms. The summed E-state index contributed by atoms with van der Waals surface area (Å²) in [5.74, 6) is 1.30. The third kappa shape index (κ3) is 3.14. The second kappa shape index (κ2) is 6.36. The zero-order valence-corrected chi connectivity index (χ0v) is 12.6. The number of carbonyl (C=O) groups excluding carboxylic acids is 1. The van der Waals surface area contributed by atoms with Gasteiger partial charge in [-0.2, -0.15) is 0 Å². The number of piperidine rings is 1. The summed E-state index contributed by atoms with van der Waals surface area (Å²) in [4.78, 5) is 14.7. The van der Waals surface area contributed by atoms with E-state index in [0.29, 0.717) is 18.3 Å². The average molecular weight is 307 g/mol. The van der Waals surface area contributed by atoms with Crippen LogP contribution in [0.25, 0.3) is 10.8 Å². The molecule has 0 aromatic carbocycles. The smallest absolute Gasteiger partial charge is 0.257 e. The van der Waals surface area contributed by atoms with E-state index in [1.165, 1.54) is 7.11 Å². The van der Waals surface area contributed by atoms with Gasteiger partial charge in [0, 0.05) is 20.2 Å². The Morgan fingerprint density at radius 3 is 3.24 bits per heavy atom. The molecule has 0 unspecified atom stereocenters. The molecule has 7 heteroatoms. The van der Waals surface area contributed by atoms with E-state index in [4.69, 9.17) is 9.15 Å². The average Bonchev–Trinajstić information content (AvgIpc) is 3.18. The number of amides is 1. The topological polar surface area (TPSA) is 68.5 Å². The molecule has 6 nitrogen and oxygen atoms in total. The highest BCUT2D eigenvalue weighted by molar-refractivity contribution is 7.13. The summed E-state index contributed by atoms with van der Waals surface area (Å²) >= 11 is 1.57. The van der Waals surface area contributed by atoms with Gasteiger partial charge in [0.1, 0.15) is 6.61 Å². The quantitative estimate of drug-likeness (QED) is 0.865. The van der Waals surface area contributed by atoms with Gasteiger partial charge in [0.05, 0.1) is 10.8 Å². The Morgan fingerprint density at radius 2 is 2.48 bits per heavy atom. The molecule has 2 aromatic rings. The molecule has 112 valence electrons. The number of likely N-dealkylation sites (tertiary alicyclic amines) is 1. The molecular formula is C14H17N3O3S. The van der Waals surface area contributed by atoms with Crippen molar-refractivity contribution in [3.8, 4) is 10.8 Å². The summed E-state index contributed by atoms with van der Waals surface area (Å²) in [6, 6.07) is 3.91. The van der Waals surface area contributed by atoms with E-state index >= 15 is 0 Å². The van der Waals surface area contributed by atoms with Crippen LogP contribution in [-0.4, -0.2) is 47.8 Å². The van der Waals surface area contributed by atoms with Crippen molar-refractivity contribution in [3.63, 3.8) is 0 Å². The van der Waals surface area contributed by atoms with Crippen LogP contribution in [0, 0.1) is 0 Å². The predicted octanol–water partition coefficient (Wildman–Crippen LogP) is 2.15. The lowest BCUT2D eigenvalue weighted by molar-refractivity contribution is -0.136. The lowest BCUT2D eigenvalue weighted by atomic mass is 9.98. The first kappa shape index (κ1) is 14.2. The molecule has 1 fully saturated rings. The second-order valence-corrected chi connectivity index (χ2v) is 5.98.